The Balaban J connectivity index is 1.98. The zero-order valence-electron chi connectivity index (χ0n) is 12.3. The number of hydrazine groups is 1. The van der Waals surface area contributed by atoms with E-state index in [2.05, 4.69) is 22.6 Å². The zero-order valence-corrected chi connectivity index (χ0v) is 12.3. The normalized spacial score (nSPS) is 17.2. The Bertz CT molecular complexity index is 488. The molecule has 1 heterocycles. The van der Waals surface area contributed by atoms with E-state index in [4.69, 9.17) is 5.84 Å². The molecule has 0 radical (unpaired) electrons. The Labute approximate surface area is 124 Å². The van der Waals surface area contributed by atoms with E-state index < -0.39 is 4.92 Å². The zero-order chi connectivity index (χ0) is 15.2. The Morgan fingerprint density at radius 3 is 2.57 bits per heavy atom. The van der Waals surface area contributed by atoms with Gasteiger partial charge in [0.15, 0.2) is 0 Å². The summed E-state index contributed by atoms with van der Waals surface area (Å²) in [6.45, 7) is 5.20. The first-order valence-electron chi connectivity index (χ1n) is 7.34. The van der Waals surface area contributed by atoms with Gasteiger partial charge in [0.2, 0.25) is 0 Å². The standard InChI is InChI=1S/C14H23N5O2/c1-11(18-5-3-2-4-6-18)10-16-12-7-13(17-15)9-14(8-12)19(20)21/h7-9,11,16-17H,2-6,10,15H2,1H3. The van der Waals surface area contributed by atoms with Crippen molar-refractivity contribution in [2.75, 3.05) is 30.4 Å². The van der Waals surface area contributed by atoms with Crippen LogP contribution in [0.3, 0.4) is 0 Å². The first-order chi connectivity index (χ1) is 10.1. The van der Waals surface area contributed by atoms with E-state index >= 15 is 0 Å². The molecule has 116 valence electrons. The van der Waals surface area contributed by atoms with Crippen molar-refractivity contribution in [1.82, 2.24) is 4.90 Å². The molecule has 1 saturated heterocycles. The molecule has 1 aromatic rings. The highest BCUT2D eigenvalue weighted by Gasteiger charge is 2.17. The molecule has 1 aliphatic rings. The Hall–Kier alpha value is -1.86. The van der Waals surface area contributed by atoms with Crippen LogP contribution in [0.25, 0.3) is 0 Å². The van der Waals surface area contributed by atoms with Gasteiger partial charge in [-0.25, -0.2) is 0 Å². The molecular weight excluding hydrogens is 270 g/mol. The fraction of sp³-hybridized carbons (Fsp3) is 0.571. The van der Waals surface area contributed by atoms with Gasteiger partial charge in [0.25, 0.3) is 5.69 Å². The lowest BCUT2D eigenvalue weighted by atomic mass is 10.1. The predicted molar refractivity (Wildman–Crippen MR) is 84.3 cm³/mol. The van der Waals surface area contributed by atoms with Gasteiger partial charge in [-0.15, -0.1) is 0 Å². The minimum Gasteiger partial charge on any atom is -0.383 e. The average molecular weight is 293 g/mol. The number of anilines is 2. The fourth-order valence-corrected chi connectivity index (χ4v) is 2.66. The number of nitro benzene ring substituents is 1. The largest absolute Gasteiger partial charge is 0.383 e. The van der Waals surface area contributed by atoms with E-state index in [9.17, 15) is 10.1 Å². The summed E-state index contributed by atoms with van der Waals surface area (Å²) in [5, 5.41) is 14.2. The molecule has 0 aliphatic carbocycles. The highest BCUT2D eigenvalue weighted by Crippen LogP contribution is 2.24. The SMILES string of the molecule is CC(CNc1cc(NN)cc([N+](=O)[O-])c1)N1CCCCC1. The Morgan fingerprint density at radius 2 is 1.95 bits per heavy atom. The third kappa shape index (κ3) is 4.30. The number of nitrogens with two attached hydrogens (primary N) is 1. The summed E-state index contributed by atoms with van der Waals surface area (Å²) in [5.41, 5.74) is 3.72. The number of piperidine rings is 1. The number of nitrogen functional groups attached to an aromatic ring is 1. The molecule has 4 N–H and O–H groups in total. The highest BCUT2D eigenvalue weighted by atomic mass is 16.6. The van der Waals surface area contributed by atoms with Gasteiger partial charge in [-0.3, -0.25) is 20.9 Å². The van der Waals surface area contributed by atoms with Gasteiger partial charge in [-0.1, -0.05) is 6.42 Å². The monoisotopic (exact) mass is 293 g/mol. The number of benzene rings is 1. The molecule has 1 aliphatic heterocycles. The molecule has 1 atom stereocenters. The molecule has 0 aromatic heterocycles. The maximum absolute atomic E-state index is 10.9. The number of nitro groups is 1. The van der Waals surface area contributed by atoms with Crippen molar-refractivity contribution < 1.29 is 4.92 Å². The Morgan fingerprint density at radius 1 is 1.29 bits per heavy atom. The number of nitrogens with zero attached hydrogens (tertiary/aromatic N) is 2. The minimum atomic E-state index is -0.417. The third-order valence-corrected chi connectivity index (χ3v) is 3.91. The lowest BCUT2D eigenvalue weighted by Gasteiger charge is -2.32. The number of hydrogen-bond donors (Lipinski definition) is 3. The van der Waals surface area contributed by atoms with Gasteiger partial charge in [-0.05, 0) is 38.9 Å². The first-order valence-corrected chi connectivity index (χ1v) is 7.34. The van der Waals surface area contributed by atoms with Crippen LogP contribution >= 0.6 is 0 Å². The molecule has 2 rings (SSSR count). The fourth-order valence-electron chi connectivity index (χ4n) is 2.66. The smallest absolute Gasteiger partial charge is 0.273 e. The summed E-state index contributed by atoms with van der Waals surface area (Å²) in [7, 11) is 0. The van der Waals surface area contributed by atoms with Crippen molar-refractivity contribution in [1.29, 1.82) is 0 Å². The van der Waals surface area contributed by atoms with Crippen LogP contribution in [0.2, 0.25) is 0 Å². The van der Waals surface area contributed by atoms with Crippen molar-refractivity contribution in [2.45, 2.75) is 32.2 Å². The van der Waals surface area contributed by atoms with E-state index in [1.807, 2.05) is 0 Å². The second-order valence-corrected chi connectivity index (χ2v) is 5.50. The summed E-state index contributed by atoms with van der Waals surface area (Å²) in [5.74, 6) is 5.35. The van der Waals surface area contributed by atoms with Crippen molar-refractivity contribution >= 4 is 17.1 Å². The number of hydrogen-bond acceptors (Lipinski definition) is 6. The lowest BCUT2D eigenvalue weighted by Crippen LogP contribution is -2.41. The van der Waals surface area contributed by atoms with Gasteiger partial charge in [0.05, 0.1) is 10.6 Å². The van der Waals surface area contributed by atoms with Crippen LogP contribution in [-0.2, 0) is 0 Å². The van der Waals surface area contributed by atoms with Crippen LogP contribution < -0.4 is 16.6 Å². The van der Waals surface area contributed by atoms with Crippen LogP contribution in [0.15, 0.2) is 18.2 Å². The van der Waals surface area contributed by atoms with Crippen LogP contribution in [-0.4, -0.2) is 35.5 Å². The van der Waals surface area contributed by atoms with Crippen LogP contribution in [0.1, 0.15) is 26.2 Å². The van der Waals surface area contributed by atoms with Crippen molar-refractivity contribution in [3.05, 3.63) is 28.3 Å². The highest BCUT2D eigenvalue weighted by molar-refractivity contribution is 5.63. The molecule has 0 bridgehead atoms. The summed E-state index contributed by atoms with van der Waals surface area (Å²) < 4.78 is 0. The van der Waals surface area contributed by atoms with E-state index in [0.29, 0.717) is 17.4 Å². The van der Waals surface area contributed by atoms with Gasteiger partial charge in [0, 0.05) is 30.4 Å². The van der Waals surface area contributed by atoms with Crippen molar-refractivity contribution in [3.8, 4) is 0 Å². The molecule has 21 heavy (non-hydrogen) atoms. The molecule has 0 amide bonds. The quantitative estimate of drug-likeness (QED) is 0.422. The number of likely N-dealkylation sites (tertiary alicyclic amines) is 1. The van der Waals surface area contributed by atoms with Crippen molar-refractivity contribution in [2.24, 2.45) is 5.84 Å². The topological polar surface area (TPSA) is 96.5 Å². The molecular formula is C14H23N5O2. The Kier molecular flexibility index (Phi) is 5.35. The molecule has 7 nitrogen and oxygen atoms in total. The molecule has 0 spiro atoms. The van der Waals surface area contributed by atoms with Gasteiger partial charge in [0.1, 0.15) is 0 Å². The van der Waals surface area contributed by atoms with E-state index in [1.165, 1.54) is 31.4 Å². The molecule has 1 aromatic carbocycles. The number of rotatable bonds is 6. The van der Waals surface area contributed by atoms with Crippen molar-refractivity contribution in [3.63, 3.8) is 0 Å². The van der Waals surface area contributed by atoms with E-state index in [0.717, 1.165) is 19.6 Å². The number of nitrogens with one attached hydrogen (secondary N) is 2. The van der Waals surface area contributed by atoms with Crippen LogP contribution in [0.4, 0.5) is 17.1 Å². The van der Waals surface area contributed by atoms with Crippen LogP contribution in [0, 0.1) is 10.1 Å². The summed E-state index contributed by atoms with van der Waals surface area (Å²) in [6.07, 6.45) is 3.82. The van der Waals surface area contributed by atoms with Gasteiger partial charge >= 0.3 is 0 Å². The van der Waals surface area contributed by atoms with Gasteiger partial charge < -0.3 is 10.7 Å². The van der Waals surface area contributed by atoms with Crippen LogP contribution in [0.5, 0.6) is 0 Å². The maximum Gasteiger partial charge on any atom is 0.273 e. The first kappa shape index (κ1) is 15.5. The molecule has 1 unspecified atom stereocenters. The lowest BCUT2D eigenvalue weighted by molar-refractivity contribution is -0.384. The summed E-state index contributed by atoms with van der Waals surface area (Å²) in [4.78, 5) is 12.9. The van der Waals surface area contributed by atoms with E-state index in [1.54, 1.807) is 6.07 Å². The van der Waals surface area contributed by atoms with E-state index in [-0.39, 0.29) is 5.69 Å². The second kappa shape index (κ2) is 7.24. The second-order valence-electron chi connectivity index (χ2n) is 5.50. The maximum atomic E-state index is 10.9. The molecule has 7 heteroatoms. The predicted octanol–water partition coefficient (Wildman–Crippen LogP) is 2.17. The summed E-state index contributed by atoms with van der Waals surface area (Å²) >= 11 is 0. The number of non-ortho nitro benzene ring substituents is 1. The molecule has 0 saturated carbocycles. The third-order valence-electron chi connectivity index (χ3n) is 3.91. The van der Waals surface area contributed by atoms with Gasteiger partial charge in [-0.2, -0.15) is 0 Å². The average Bonchev–Trinajstić information content (AvgIpc) is 2.53. The minimum absolute atomic E-state index is 0.0265. The molecule has 1 fully saturated rings. The summed E-state index contributed by atoms with van der Waals surface area (Å²) in [6, 6.07) is 5.12.